The molecule has 474 valence electrons. The van der Waals surface area contributed by atoms with Gasteiger partial charge in [-0.1, -0.05) is 264 Å². The predicted molar refractivity (Wildman–Crippen MR) is 357 cm³/mol. The molecule has 9 nitrogen and oxygen atoms in total. The molecule has 3 atom stereocenters. The van der Waals surface area contributed by atoms with Gasteiger partial charge in [-0.25, -0.2) is 0 Å². The van der Waals surface area contributed by atoms with Gasteiger partial charge in [0.25, 0.3) is 7.82 Å². The summed E-state index contributed by atoms with van der Waals surface area (Å²) in [7, 11) is 1.15. The number of nitrogens with zero attached hydrogens (tertiary/aromatic N) is 1. The maximum Gasteiger partial charge on any atom is 0.306 e. The Morgan fingerprint density at radius 2 is 0.771 bits per heavy atom. The number of ether oxygens (including phenoxy) is 1. The molecular formula is C73H125N2O7P. The Morgan fingerprint density at radius 3 is 1.17 bits per heavy atom. The number of quaternary nitrogens is 1. The normalized spacial score (nSPS) is 14.4. The summed E-state index contributed by atoms with van der Waals surface area (Å²) >= 11 is 0. The van der Waals surface area contributed by atoms with Gasteiger partial charge in [-0.05, 0) is 122 Å². The average molecular weight is 1170 g/mol. The van der Waals surface area contributed by atoms with Crippen LogP contribution in [0.4, 0.5) is 0 Å². The van der Waals surface area contributed by atoms with Crippen LogP contribution < -0.4 is 10.2 Å². The van der Waals surface area contributed by atoms with E-state index in [2.05, 4.69) is 148 Å². The Morgan fingerprint density at radius 1 is 0.434 bits per heavy atom. The zero-order valence-electron chi connectivity index (χ0n) is 54.1. The number of phosphoric ester groups is 1. The van der Waals surface area contributed by atoms with E-state index in [-0.39, 0.29) is 24.9 Å². The number of rotatable bonds is 59. The van der Waals surface area contributed by atoms with Crippen LogP contribution in [0.5, 0.6) is 0 Å². The monoisotopic (exact) mass is 1170 g/mol. The van der Waals surface area contributed by atoms with Crippen LogP contribution in [-0.4, -0.2) is 69.4 Å². The molecule has 1 N–H and O–H groups in total. The molecule has 0 saturated heterocycles. The molecule has 0 aromatic rings. The van der Waals surface area contributed by atoms with E-state index >= 15 is 0 Å². The number of hydrogen-bond acceptors (Lipinski definition) is 7. The van der Waals surface area contributed by atoms with Crippen LogP contribution in [0.3, 0.4) is 0 Å². The summed E-state index contributed by atoms with van der Waals surface area (Å²) in [6, 6.07) is -0.913. The van der Waals surface area contributed by atoms with Crippen molar-refractivity contribution in [2.75, 3.05) is 40.9 Å². The number of phosphoric acid groups is 1. The van der Waals surface area contributed by atoms with Crippen LogP contribution in [0.15, 0.2) is 134 Å². The molecule has 0 fully saturated rings. The summed E-state index contributed by atoms with van der Waals surface area (Å²) in [6.07, 6.45) is 87.1. The largest absolute Gasteiger partial charge is 0.756 e. The standard InChI is InChI=1S/C73H125N2O7P/c1-7-10-13-16-19-22-25-27-29-31-33-34-35-36-37-38-39-40-42-43-45-47-50-53-56-59-62-65-72(76)74-70(69-81-83(78,79)80-68-67-75(4,5)6)71(64-61-58-55-52-49-24-21-18-15-12-9-3)82-73(77)66-63-60-57-54-51-48-46-44-41-32-30-28-26-23-20-17-14-11-8-2/h10-11,13-14,19-20,22-23,27-30,33-34,36-37,41,44,48,51,61,64,70-71H,7-9,12,15-18,21,24-26,31-32,35,38-40,42-43,45-47,49-50,52-60,62-63,65-69H2,1-6H3,(H-,74,76,78,79)/b13-10-,14-11-,22-19-,23-20-,29-27-,30-28-,34-33-,37-36-,44-41-,51-48-,64-61-. The highest BCUT2D eigenvalue weighted by Gasteiger charge is 2.27. The quantitative estimate of drug-likeness (QED) is 0.0212. The van der Waals surface area contributed by atoms with Crippen LogP contribution in [0.25, 0.3) is 0 Å². The number of amides is 1. The lowest BCUT2D eigenvalue weighted by Gasteiger charge is -2.30. The van der Waals surface area contributed by atoms with Crippen molar-refractivity contribution in [3.05, 3.63) is 134 Å². The topological polar surface area (TPSA) is 114 Å². The van der Waals surface area contributed by atoms with Crippen LogP contribution in [0, 0.1) is 0 Å². The van der Waals surface area contributed by atoms with E-state index in [1.165, 1.54) is 89.9 Å². The molecule has 0 radical (unpaired) electrons. The number of carbonyl (C=O) groups excluding carboxylic acids is 2. The zero-order chi connectivity index (χ0) is 60.7. The average Bonchev–Trinajstić information content (AvgIpc) is 3.51. The molecule has 0 saturated carbocycles. The number of carbonyl (C=O) groups is 2. The summed E-state index contributed by atoms with van der Waals surface area (Å²) in [5, 5.41) is 3.02. The number of esters is 1. The molecule has 83 heavy (non-hydrogen) atoms. The van der Waals surface area contributed by atoms with E-state index in [1.54, 1.807) is 0 Å². The highest BCUT2D eigenvalue weighted by Crippen LogP contribution is 2.38. The van der Waals surface area contributed by atoms with Crippen molar-refractivity contribution in [3.8, 4) is 0 Å². The van der Waals surface area contributed by atoms with Gasteiger partial charge in [-0.15, -0.1) is 0 Å². The molecular weight excluding hydrogens is 1050 g/mol. The summed E-state index contributed by atoms with van der Waals surface area (Å²) in [5.41, 5.74) is 0. The van der Waals surface area contributed by atoms with Gasteiger partial charge in [0.15, 0.2) is 0 Å². The lowest BCUT2D eigenvalue weighted by atomic mass is 10.0. The van der Waals surface area contributed by atoms with Gasteiger partial charge in [-0.2, -0.15) is 0 Å². The van der Waals surface area contributed by atoms with Crippen molar-refractivity contribution in [2.24, 2.45) is 0 Å². The maximum absolute atomic E-state index is 13.6. The molecule has 0 spiro atoms. The summed E-state index contributed by atoms with van der Waals surface area (Å²) in [4.78, 5) is 40.1. The molecule has 0 rings (SSSR count). The third kappa shape index (κ3) is 62.5. The Balaban J connectivity index is 5.13. The van der Waals surface area contributed by atoms with Gasteiger partial charge in [-0.3, -0.25) is 14.2 Å². The molecule has 0 aliphatic heterocycles. The smallest absolute Gasteiger partial charge is 0.306 e. The second kappa shape index (κ2) is 61.2. The fourth-order valence-electron chi connectivity index (χ4n) is 8.99. The van der Waals surface area contributed by atoms with Crippen LogP contribution in [-0.2, 0) is 27.9 Å². The Hall–Kier alpha value is -3.85. The number of hydrogen-bond donors (Lipinski definition) is 1. The molecule has 10 heteroatoms. The summed E-state index contributed by atoms with van der Waals surface area (Å²) in [5.74, 6) is -0.589. The van der Waals surface area contributed by atoms with E-state index in [9.17, 15) is 19.0 Å². The molecule has 0 aliphatic carbocycles. The van der Waals surface area contributed by atoms with Crippen molar-refractivity contribution < 1.29 is 37.3 Å². The molecule has 0 aliphatic rings. The minimum atomic E-state index is -4.72. The lowest BCUT2D eigenvalue weighted by molar-refractivity contribution is -0.870. The number of nitrogens with one attached hydrogen (secondary N) is 1. The number of likely N-dealkylation sites (N-methyl/N-ethyl adjacent to an activating group) is 1. The Kier molecular flexibility index (Phi) is 58.4. The van der Waals surface area contributed by atoms with Crippen LogP contribution in [0.2, 0.25) is 0 Å². The molecule has 0 heterocycles. The van der Waals surface area contributed by atoms with Gasteiger partial charge < -0.3 is 28.5 Å². The lowest BCUT2D eigenvalue weighted by Crippen LogP contribution is -2.47. The van der Waals surface area contributed by atoms with Crippen molar-refractivity contribution in [1.29, 1.82) is 0 Å². The van der Waals surface area contributed by atoms with Crippen molar-refractivity contribution in [1.82, 2.24) is 5.32 Å². The SMILES string of the molecule is CC/C=C\C/C=C\C/C=C\C/C=C\C/C=C\CCCCCCCCCCCCCC(=O)NC(COP(=O)([O-])OCC[N+](C)(C)C)C(/C=C\CCCCCCCCCCC)OC(=O)CCCCC/C=C\C/C=C\C/C=C\C/C=C\C/C=C\CC. The van der Waals surface area contributed by atoms with Gasteiger partial charge in [0.1, 0.15) is 19.3 Å². The molecule has 0 aromatic heterocycles. The maximum atomic E-state index is 13.6. The first-order chi connectivity index (χ1) is 40.4. The minimum absolute atomic E-state index is 0.0353. The van der Waals surface area contributed by atoms with Crippen molar-refractivity contribution in [2.45, 2.75) is 277 Å². The van der Waals surface area contributed by atoms with E-state index in [0.717, 1.165) is 135 Å². The first-order valence-corrected chi connectivity index (χ1v) is 35.0. The minimum Gasteiger partial charge on any atom is -0.756 e. The van der Waals surface area contributed by atoms with E-state index in [0.29, 0.717) is 23.9 Å². The number of allylic oxidation sites excluding steroid dienone is 21. The van der Waals surface area contributed by atoms with E-state index in [4.69, 9.17) is 13.8 Å². The van der Waals surface area contributed by atoms with Gasteiger partial charge in [0.05, 0.1) is 33.8 Å². The number of unbranched alkanes of at least 4 members (excludes halogenated alkanes) is 23. The highest BCUT2D eigenvalue weighted by atomic mass is 31.2. The third-order valence-corrected chi connectivity index (χ3v) is 15.0. The molecule has 3 unspecified atom stereocenters. The third-order valence-electron chi connectivity index (χ3n) is 14.1. The highest BCUT2D eigenvalue weighted by molar-refractivity contribution is 7.45. The van der Waals surface area contributed by atoms with Crippen LogP contribution >= 0.6 is 7.82 Å². The van der Waals surface area contributed by atoms with Crippen molar-refractivity contribution in [3.63, 3.8) is 0 Å². The molecule has 0 aromatic carbocycles. The van der Waals surface area contributed by atoms with Gasteiger partial charge >= 0.3 is 5.97 Å². The Bertz CT molecular complexity index is 1880. The van der Waals surface area contributed by atoms with Gasteiger partial charge in [0, 0.05) is 12.8 Å². The molecule has 0 bridgehead atoms. The fraction of sp³-hybridized carbons (Fsp3) is 0.671. The first-order valence-electron chi connectivity index (χ1n) is 33.5. The Labute approximate surface area is 511 Å². The van der Waals surface area contributed by atoms with E-state index in [1.807, 2.05) is 33.3 Å². The summed E-state index contributed by atoms with van der Waals surface area (Å²) < 4.78 is 30.3. The van der Waals surface area contributed by atoms with Crippen molar-refractivity contribution >= 4 is 19.7 Å². The van der Waals surface area contributed by atoms with Gasteiger partial charge in [0.2, 0.25) is 5.91 Å². The van der Waals surface area contributed by atoms with E-state index < -0.39 is 26.6 Å². The second-order valence-electron chi connectivity index (χ2n) is 23.2. The fourth-order valence-corrected chi connectivity index (χ4v) is 9.71. The summed E-state index contributed by atoms with van der Waals surface area (Å²) in [6.45, 7) is 6.58. The molecule has 1 amide bonds. The van der Waals surface area contributed by atoms with Crippen LogP contribution in [0.1, 0.15) is 265 Å². The zero-order valence-corrected chi connectivity index (χ0v) is 55.0. The first kappa shape index (κ1) is 79.2. The predicted octanol–water partition coefficient (Wildman–Crippen LogP) is 20.6. The second-order valence-corrected chi connectivity index (χ2v) is 24.6.